The molecule has 1 heterocycles. The summed E-state index contributed by atoms with van der Waals surface area (Å²) in [6, 6.07) is 0. The first-order valence-electron chi connectivity index (χ1n) is 4.90. The fraction of sp³-hybridized carbons (Fsp3) is 0.700. The van der Waals surface area contributed by atoms with Gasteiger partial charge in [0.1, 0.15) is 0 Å². The van der Waals surface area contributed by atoms with E-state index in [0.29, 0.717) is 0 Å². The third-order valence-corrected chi connectivity index (χ3v) is 2.67. The van der Waals surface area contributed by atoms with Gasteiger partial charge in [0.15, 0.2) is 0 Å². The van der Waals surface area contributed by atoms with Gasteiger partial charge in [0.25, 0.3) is 0 Å². The zero-order valence-corrected chi connectivity index (χ0v) is 9.71. The van der Waals surface area contributed by atoms with Gasteiger partial charge in [0.2, 0.25) is 0 Å². The van der Waals surface area contributed by atoms with Crippen LogP contribution in [0, 0.1) is 0 Å². The van der Waals surface area contributed by atoms with Crippen molar-refractivity contribution in [3.63, 3.8) is 0 Å². The van der Waals surface area contributed by atoms with Crippen LogP contribution in [0.4, 0.5) is 0 Å². The first kappa shape index (κ1) is 12.7. The first-order chi connectivity index (χ1) is 6.38. The Hall–Kier alpha value is -0.280. The van der Waals surface area contributed by atoms with Crippen LogP contribution in [0.5, 0.6) is 0 Å². The molecule has 1 rings (SSSR count). The highest BCUT2D eigenvalue weighted by atomic mass is 32.2. The normalized spacial score (nSPS) is 16.2. The summed E-state index contributed by atoms with van der Waals surface area (Å²) in [5, 5.41) is 3.32. The molecule has 0 fully saturated rings. The second-order valence-electron chi connectivity index (χ2n) is 2.39. The predicted octanol–water partition coefficient (Wildman–Crippen LogP) is 2.67. The predicted molar refractivity (Wildman–Crippen MR) is 63.5 cm³/mol. The third-order valence-electron chi connectivity index (χ3n) is 1.66. The fourth-order valence-corrected chi connectivity index (χ4v) is 2.01. The summed E-state index contributed by atoms with van der Waals surface area (Å²) in [4.78, 5) is 5.39. The first-order valence-corrected chi connectivity index (χ1v) is 5.89. The Morgan fingerprint density at radius 1 is 1.54 bits per heavy atom. The van der Waals surface area contributed by atoms with Crippen LogP contribution >= 0.6 is 11.8 Å². The van der Waals surface area contributed by atoms with Crippen LogP contribution in [0.15, 0.2) is 15.6 Å². The maximum absolute atomic E-state index is 4.02. The maximum atomic E-state index is 4.02. The molecule has 1 aliphatic rings. The summed E-state index contributed by atoms with van der Waals surface area (Å²) < 4.78 is 0. The number of thioether (sulfide) groups is 1. The van der Waals surface area contributed by atoms with Crippen molar-refractivity contribution in [2.75, 3.05) is 18.8 Å². The Morgan fingerprint density at radius 3 is 2.77 bits per heavy atom. The van der Waals surface area contributed by atoms with Crippen LogP contribution in [-0.4, -0.2) is 25.6 Å². The van der Waals surface area contributed by atoms with Crippen molar-refractivity contribution in [1.29, 1.82) is 0 Å². The minimum Gasteiger partial charge on any atom is -0.312 e. The number of aliphatic imine (C=N–C) groups is 1. The highest BCUT2D eigenvalue weighted by molar-refractivity contribution is 8.03. The molecule has 0 unspecified atom stereocenters. The number of nitrogens with zero attached hydrogens (tertiary/aromatic N) is 1. The fourth-order valence-electron chi connectivity index (χ4n) is 1.13. The topological polar surface area (TPSA) is 24.4 Å². The third kappa shape index (κ3) is 4.48. The monoisotopic (exact) mass is 200 g/mol. The molecule has 0 atom stereocenters. The molecule has 1 aliphatic heterocycles. The van der Waals surface area contributed by atoms with Crippen LogP contribution in [-0.2, 0) is 0 Å². The summed E-state index contributed by atoms with van der Waals surface area (Å²) in [6.45, 7) is 11.8. The van der Waals surface area contributed by atoms with Crippen molar-refractivity contribution in [1.82, 2.24) is 5.32 Å². The van der Waals surface area contributed by atoms with E-state index in [9.17, 15) is 0 Å². The van der Waals surface area contributed by atoms with E-state index in [1.807, 2.05) is 25.6 Å². The van der Waals surface area contributed by atoms with Gasteiger partial charge in [-0.1, -0.05) is 20.8 Å². The molecule has 0 aromatic rings. The maximum Gasteiger partial charge on any atom is 0.0516 e. The van der Waals surface area contributed by atoms with Crippen molar-refractivity contribution in [3.05, 3.63) is 10.6 Å². The number of hydrogen-bond acceptors (Lipinski definition) is 3. The molecule has 0 aromatic carbocycles. The van der Waals surface area contributed by atoms with E-state index in [4.69, 9.17) is 0 Å². The quantitative estimate of drug-likeness (QED) is 0.708. The van der Waals surface area contributed by atoms with Gasteiger partial charge in [-0.2, -0.15) is 0 Å². The summed E-state index contributed by atoms with van der Waals surface area (Å²) in [6.07, 6.45) is 1.03. The largest absolute Gasteiger partial charge is 0.312 e. The summed E-state index contributed by atoms with van der Waals surface area (Å²) in [5.74, 6) is 1.12. The molecule has 0 saturated carbocycles. The number of nitrogens with one attached hydrogen (secondary N) is 1. The lowest BCUT2D eigenvalue weighted by atomic mass is 10.2. The smallest absolute Gasteiger partial charge is 0.0516 e. The number of rotatable bonds is 3. The molecule has 76 valence electrons. The molecule has 1 N–H and O–H groups in total. The van der Waals surface area contributed by atoms with E-state index in [-0.39, 0.29) is 0 Å². The second kappa shape index (κ2) is 8.32. The highest BCUT2D eigenvalue weighted by Gasteiger charge is 2.09. The van der Waals surface area contributed by atoms with Gasteiger partial charge in [0, 0.05) is 24.4 Å². The standard InChI is InChI=1S/C8H14N2S.C2H6/c1-3-11-8-6-10-5-4-7(8)9-2;1-2/h10H,2-6H2,1H3;1-2H3. The summed E-state index contributed by atoms with van der Waals surface area (Å²) in [7, 11) is 0. The van der Waals surface area contributed by atoms with E-state index in [1.54, 1.807) is 0 Å². The minimum atomic E-state index is 0.979. The molecule has 0 bridgehead atoms. The Labute approximate surface area is 85.9 Å². The lowest BCUT2D eigenvalue weighted by molar-refractivity contribution is 0.693. The van der Waals surface area contributed by atoms with Gasteiger partial charge in [0.05, 0.1) is 5.70 Å². The van der Waals surface area contributed by atoms with Crippen molar-refractivity contribution in [2.24, 2.45) is 4.99 Å². The lowest BCUT2D eigenvalue weighted by Crippen LogP contribution is -2.23. The Balaban J connectivity index is 0.000000671. The van der Waals surface area contributed by atoms with E-state index >= 15 is 0 Å². The zero-order chi connectivity index (χ0) is 10.1. The van der Waals surface area contributed by atoms with Crippen LogP contribution in [0.1, 0.15) is 27.2 Å². The van der Waals surface area contributed by atoms with E-state index in [2.05, 4.69) is 24.0 Å². The second-order valence-corrected chi connectivity index (χ2v) is 3.75. The SMILES string of the molecule is C=NC1=C(SCC)CNCC1.CC. The lowest BCUT2D eigenvalue weighted by Gasteiger charge is -2.16. The Morgan fingerprint density at radius 2 is 2.23 bits per heavy atom. The Bertz CT molecular complexity index is 176. The molecule has 0 amide bonds. The van der Waals surface area contributed by atoms with Gasteiger partial charge in [-0.05, 0) is 12.5 Å². The van der Waals surface area contributed by atoms with Gasteiger partial charge in [-0.15, -0.1) is 11.8 Å². The Kier molecular flexibility index (Phi) is 8.14. The summed E-state index contributed by atoms with van der Waals surface area (Å²) in [5.41, 5.74) is 1.19. The molecule has 0 saturated heterocycles. The van der Waals surface area contributed by atoms with Gasteiger partial charge < -0.3 is 5.32 Å². The highest BCUT2D eigenvalue weighted by Crippen LogP contribution is 2.23. The van der Waals surface area contributed by atoms with Crippen molar-refractivity contribution in [3.8, 4) is 0 Å². The van der Waals surface area contributed by atoms with E-state index in [0.717, 1.165) is 25.3 Å². The van der Waals surface area contributed by atoms with Crippen LogP contribution < -0.4 is 5.32 Å². The van der Waals surface area contributed by atoms with Crippen molar-refractivity contribution >= 4 is 18.5 Å². The molecule has 0 spiro atoms. The molecule has 0 aliphatic carbocycles. The number of hydrogen-bond donors (Lipinski definition) is 1. The molecule has 2 nitrogen and oxygen atoms in total. The van der Waals surface area contributed by atoms with Crippen LogP contribution in [0.3, 0.4) is 0 Å². The van der Waals surface area contributed by atoms with E-state index in [1.165, 1.54) is 10.6 Å². The zero-order valence-electron chi connectivity index (χ0n) is 8.89. The average molecular weight is 200 g/mol. The average Bonchev–Trinajstić information content (AvgIpc) is 2.22. The molecular formula is C10H20N2S. The van der Waals surface area contributed by atoms with E-state index < -0.39 is 0 Å². The van der Waals surface area contributed by atoms with Gasteiger partial charge in [-0.3, -0.25) is 4.99 Å². The molecule has 13 heavy (non-hydrogen) atoms. The van der Waals surface area contributed by atoms with Gasteiger partial charge in [-0.25, -0.2) is 0 Å². The van der Waals surface area contributed by atoms with Crippen LogP contribution in [0.2, 0.25) is 0 Å². The van der Waals surface area contributed by atoms with Crippen molar-refractivity contribution < 1.29 is 0 Å². The summed E-state index contributed by atoms with van der Waals surface area (Å²) >= 11 is 1.87. The van der Waals surface area contributed by atoms with Gasteiger partial charge >= 0.3 is 0 Å². The molecule has 0 aromatic heterocycles. The van der Waals surface area contributed by atoms with Crippen LogP contribution in [0.25, 0.3) is 0 Å². The van der Waals surface area contributed by atoms with Crippen molar-refractivity contribution in [2.45, 2.75) is 27.2 Å². The molecule has 3 heteroatoms. The molecular weight excluding hydrogens is 180 g/mol. The molecule has 0 radical (unpaired) electrons. The minimum absolute atomic E-state index is 0.979.